The highest BCUT2D eigenvalue weighted by molar-refractivity contribution is 5.92. The molecule has 0 saturated heterocycles. The van der Waals surface area contributed by atoms with Gasteiger partial charge < -0.3 is 25.2 Å². The molecule has 3 aromatic carbocycles. The molecule has 1 atom stereocenters. The molecule has 0 fully saturated rings. The van der Waals surface area contributed by atoms with Gasteiger partial charge in [0.25, 0.3) is 0 Å². The van der Waals surface area contributed by atoms with Gasteiger partial charge in [0.15, 0.2) is 11.5 Å². The lowest BCUT2D eigenvalue weighted by atomic mass is 10.00. The van der Waals surface area contributed by atoms with E-state index in [2.05, 4.69) is 17.6 Å². The van der Waals surface area contributed by atoms with Gasteiger partial charge in [0, 0.05) is 25.8 Å². The van der Waals surface area contributed by atoms with Crippen molar-refractivity contribution < 1.29 is 24.2 Å². The van der Waals surface area contributed by atoms with E-state index < -0.39 is 12.0 Å². The van der Waals surface area contributed by atoms with E-state index in [0.29, 0.717) is 31.0 Å². The van der Waals surface area contributed by atoms with Crippen molar-refractivity contribution in [3.8, 4) is 22.6 Å². The van der Waals surface area contributed by atoms with Gasteiger partial charge in [0.2, 0.25) is 0 Å². The number of anilines is 1. The fraction of sp³-hybridized carbons (Fsp3) is 0.394. The lowest BCUT2D eigenvalue weighted by molar-refractivity contribution is -0.139. The highest BCUT2D eigenvalue weighted by Gasteiger charge is 2.18. The maximum absolute atomic E-state index is 12.6. The van der Waals surface area contributed by atoms with Crippen molar-refractivity contribution in [3.05, 3.63) is 77.9 Å². The smallest absolute Gasteiger partial charge is 0.321 e. The zero-order valence-electron chi connectivity index (χ0n) is 24.6. The number of rotatable bonds is 16. The number of urea groups is 1. The minimum atomic E-state index is -0.912. The van der Waals surface area contributed by atoms with E-state index in [0.717, 1.165) is 40.8 Å². The second-order valence-electron chi connectivity index (χ2n) is 10.1. The van der Waals surface area contributed by atoms with Crippen LogP contribution in [-0.2, 0) is 17.8 Å². The topological polar surface area (TPSA) is 100 Å². The normalized spacial score (nSPS) is 11.5. The Labute approximate surface area is 243 Å². The molecule has 0 unspecified atom stereocenters. The van der Waals surface area contributed by atoms with Crippen LogP contribution in [0.25, 0.3) is 11.1 Å². The highest BCUT2D eigenvalue weighted by Crippen LogP contribution is 2.28. The molecular formula is C33H43N3O5. The number of hydrogen-bond donors (Lipinski definition) is 3. The Hall–Kier alpha value is -4.04. The zero-order valence-corrected chi connectivity index (χ0v) is 24.6. The summed E-state index contributed by atoms with van der Waals surface area (Å²) in [5, 5.41) is 16.0. The van der Waals surface area contributed by atoms with Gasteiger partial charge in [-0.15, -0.1) is 0 Å². The molecule has 0 aromatic heterocycles. The molecule has 0 radical (unpaired) electrons. The second-order valence-corrected chi connectivity index (χ2v) is 10.1. The van der Waals surface area contributed by atoms with Gasteiger partial charge >= 0.3 is 12.0 Å². The van der Waals surface area contributed by atoms with Gasteiger partial charge in [-0.05, 0) is 59.4 Å². The first-order valence-electron chi connectivity index (χ1n) is 14.2. The average molecular weight is 562 g/mol. The van der Waals surface area contributed by atoms with Crippen LogP contribution in [0.15, 0.2) is 66.7 Å². The fourth-order valence-electron chi connectivity index (χ4n) is 4.60. The molecule has 0 heterocycles. The first kappa shape index (κ1) is 31.5. The largest absolute Gasteiger partial charge is 0.493 e. The van der Waals surface area contributed by atoms with E-state index in [9.17, 15) is 14.7 Å². The summed E-state index contributed by atoms with van der Waals surface area (Å²) in [5.41, 5.74) is 4.59. The second kappa shape index (κ2) is 16.3. The summed E-state index contributed by atoms with van der Waals surface area (Å²) in [6.07, 6.45) is 6.10. The van der Waals surface area contributed by atoms with Crippen LogP contribution in [0.5, 0.6) is 11.5 Å². The number of nitrogens with zero attached hydrogens (tertiary/aromatic N) is 1. The minimum absolute atomic E-state index is 0.117. The average Bonchev–Trinajstić information content (AvgIpc) is 3.00. The maximum atomic E-state index is 12.6. The van der Waals surface area contributed by atoms with Crippen molar-refractivity contribution in [2.45, 2.75) is 58.0 Å². The number of methoxy groups -OCH3 is 2. The van der Waals surface area contributed by atoms with Crippen molar-refractivity contribution >= 4 is 17.7 Å². The molecule has 0 aliphatic carbocycles. The van der Waals surface area contributed by atoms with E-state index in [1.807, 2.05) is 60.7 Å². The van der Waals surface area contributed by atoms with Crippen LogP contribution in [0.2, 0.25) is 0 Å². The number of aliphatic carboxylic acids is 1. The van der Waals surface area contributed by atoms with Gasteiger partial charge in [-0.3, -0.25) is 9.69 Å². The molecule has 8 nitrogen and oxygen atoms in total. The quantitative estimate of drug-likeness (QED) is 0.178. The summed E-state index contributed by atoms with van der Waals surface area (Å²) in [7, 11) is 4.92. The molecule has 3 rings (SSSR count). The predicted octanol–water partition coefficient (Wildman–Crippen LogP) is 6.27. The third-order valence-corrected chi connectivity index (χ3v) is 7.12. The molecule has 3 aromatic rings. The van der Waals surface area contributed by atoms with Gasteiger partial charge in [0.05, 0.1) is 14.2 Å². The number of carbonyl (C=O) groups excluding carboxylic acids is 1. The van der Waals surface area contributed by atoms with E-state index in [4.69, 9.17) is 9.47 Å². The molecule has 8 heteroatoms. The van der Waals surface area contributed by atoms with E-state index in [1.54, 1.807) is 32.2 Å². The number of amides is 2. The standard InChI is InChI=1S/C33H43N3O5/c1-5-6-7-8-9-19-34-33(39)36(2)28-12-10-11-27(22-28)26-16-13-24(14-17-26)20-29(32(37)38)35-23-25-15-18-30(40-3)31(21-25)41-4/h10-18,21-22,29,35H,5-9,19-20,23H2,1-4H3,(H,34,39)(H,37,38)/t29-/m0/s1. The molecule has 0 bridgehead atoms. The SMILES string of the molecule is CCCCCCCNC(=O)N(C)c1cccc(-c2ccc(C[C@H](NCc3ccc(OC)c(OC)c3)C(=O)O)cc2)c1. The van der Waals surface area contributed by atoms with Crippen molar-refractivity contribution in [1.29, 1.82) is 0 Å². The number of carboxylic acid groups (broad SMARTS) is 1. The summed E-state index contributed by atoms with van der Waals surface area (Å²) in [5.74, 6) is 0.312. The minimum Gasteiger partial charge on any atom is -0.493 e. The molecular weight excluding hydrogens is 518 g/mol. The summed E-state index contributed by atoms with van der Waals surface area (Å²) < 4.78 is 10.6. The molecule has 0 saturated carbocycles. The third kappa shape index (κ3) is 9.53. The first-order valence-corrected chi connectivity index (χ1v) is 14.2. The number of unbranched alkanes of at least 4 members (excludes halogenated alkanes) is 4. The Morgan fingerprint density at radius 1 is 0.854 bits per heavy atom. The number of carbonyl (C=O) groups is 2. The van der Waals surface area contributed by atoms with Gasteiger partial charge in [0.1, 0.15) is 6.04 Å². The summed E-state index contributed by atoms with van der Waals surface area (Å²) >= 11 is 0. The Bertz CT molecular complexity index is 1260. The highest BCUT2D eigenvalue weighted by atomic mass is 16.5. The molecule has 2 amide bonds. The zero-order chi connectivity index (χ0) is 29.6. The first-order chi connectivity index (χ1) is 19.9. The van der Waals surface area contributed by atoms with Gasteiger partial charge in [-0.25, -0.2) is 4.79 Å². The Kier molecular flexibility index (Phi) is 12.5. The van der Waals surface area contributed by atoms with Crippen molar-refractivity contribution in [2.24, 2.45) is 0 Å². The molecule has 220 valence electrons. The van der Waals surface area contributed by atoms with E-state index in [-0.39, 0.29) is 6.03 Å². The van der Waals surface area contributed by atoms with Crippen LogP contribution in [0.4, 0.5) is 10.5 Å². The number of hydrogen-bond acceptors (Lipinski definition) is 5. The molecule has 41 heavy (non-hydrogen) atoms. The number of ether oxygens (including phenoxy) is 2. The Morgan fingerprint density at radius 3 is 2.24 bits per heavy atom. The van der Waals surface area contributed by atoms with Crippen LogP contribution in [0.3, 0.4) is 0 Å². The van der Waals surface area contributed by atoms with Gasteiger partial charge in [-0.1, -0.05) is 75.1 Å². The van der Waals surface area contributed by atoms with Crippen molar-refractivity contribution in [3.63, 3.8) is 0 Å². The predicted molar refractivity (Wildman–Crippen MR) is 164 cm³/mol. The number of benzene rings is 3. The lowest BCUT2D eigenvalue weighted by Crippen LogP contribution is -2.38. The number of nitrogens with one attached hydrogen (secondary N) is 2. The summed E-state index contributed by atoms with van der Waals surface area (Å²) in [4.78, 5) is 26.2. The number of carboxylic acids is 1. The van der Waals surface area contributed by atoms with Crippen molar-refractivity contribution in [1.82, 2.24) is 10.6 Å². The van der Waals surface area contributed by atoms with Crippen LogP contribution in [0.1, 0.15) is 50.2 Å². The molecule has 0 aliphatic heterocycles. The lowest BCUT2D eigenvalue weighted by Gasteiger charge is -2.19. The van der Waals surface area contributed by atoms with Crippen LogP contribution < -0.4 is 25.0 Å². The van der Waals surface area contributed by atoms with Crippen molar-refractivity contribution in [2.75, 3.05) is 32.7 Å². The fourth-order valence-corrected chi connectivity index (χ4v) is 4.60. The molecule has 0 spiro atoms. The van der Waals surface area contributed by atoms with Crippen LogP contribution in [-0.4, -0.2) is 51.0 Å². The molecule has 0 aliphatic rings. The van der Waals surface area contributed by atoms with E-state index in [1.165, 1.54) is 19.3 Å². The maximum Gasteiger partial charge on any atom is 0.321 e. The van der Waals surface area contributed by atoms with Crippen LogP contribution in [0, 0.1) is 0 Å². The van der Waals surface area contributed by atoms with Crippen LogP contribution >= 0.6 is 0 Å². The van der Waals surface area contributed by atoms with E-state index >= 15 is 0 Å². The Morgan fingerprint density at radius 2 is 1.56 bits per heavy atom. The molecule has 3 N–H and O–H groups in total. The summed E-state index contributed by atoms with van der Waals surface area (Å²) in [6.45, 7) is 3.24. The van der Waals surface area contributed by atoms with Gasteiger partial charge in [-0.2, -0.15) is 0 Å². The summed E-state index contributed by atoms with van der Waals surface area (Å²) in [6, 6.07) is 20.4. The third-order valence-electron chi connectivity index (χ3n) is 7.12. The monoisotopic (exact) mass is 561 g/mol. The Balaban J connectivity index is 1.59.